The molecule has 0 spiro atoms. The molecule has 1 aromatic rings. The molecule has 0 atom stereocenters. The molecule has 0 heterocycles. The maximum absolute atomic E-state index is 11.6. The van der Waals surface area contributed by atoms with Crippen LogP contribution in [0, 0.1) is 6.92 Å². The van der Waals surface area contributed by atoms with Gasteiger partial charge in [0, 0.05) is 16.0 Å². The van der Waals surface area contributed by atoms with Crippen LogP contribution < -0.4 is 10.1 Å². The van der Waals surface area contributed by atoms with Crippen molar-refractivity contribution >= 4 is 33.4 Å². The molecule has 20 heavy (non-hydrogen) atoms. The second-order valence-electron chi connectivity index (χ2n) is 4.88. The average Bonchev–Trinajstić information content (AvgIpc) is 2.36. The summed E-state index contributed by atoms with van der Waals surface area (Å²) in [5.41, 5.74) is 1.93. The standard InChI is InChI=1S/C15H19BrClNO2/c1-9(2)12-6-13(17)10(3)5-14(12)20-8-15(19)18-7-11(4)16/h5-6,9H,4,7-8H2,1-3H3,(H,18,19). The van der Waals surface area contributed by atoms with Gasteiger partial charge in [-0.25, -0.2) is 0 Å². The molecule has 0 aliphatic carbocycles. The highest BCUT2D eigenvalue weighted by Crippen LogP contribution is 2.31. The third-order valence-corrected chi connectivity index (χ3v) is 3.44. The first-order valence-corrected chi connectivity index (χ1v) is 7.51. The Labute approximate surface area is 133 Å². The zero-order valence-corrected chi connectivity index (χ0v) is 14.3. The minimum absolute atomic E-state index is 0.0267. The van der Waals surface area contributed by atoms with Gasteiger partial charge in [0.25, 0.3) is 5.91 Å². The number of halogens is 2. The lowest BCUT2D eigenvalue weighted by atomic mass is 10.0. The van der Waals surface area contributed by atoms with Gasteiger partial charge < -0.3 is 10.1 Å². The fourth-order valence-electron chi connectivity index (χ4n) is 1.64. The molecule has 0 fully saturated rings. The third-order valence-electron chi connectivity index (χ3n) is 2.75. The van der Waals surface area contributed by atoms with Crippen LogP contribution in [-0.4, -0.2) is 19.1 Å². The van der Waals surface area contributed by atoms with Gasteiger partial charge in [-0.2, -0.15) is 0 Å². The van der Waals surface area contributed by atoms with E-state index in [0.717, 1.165) is 15.6 Å². The molecule has 0 aliphatic rings. The summed E-state index contributed by atoms with van der Waals surface area (Å²) in [4.78, 5) is 11.6. The molecule has 1 aromatic carbocycles. The molecule has 0 radical (unpaired) electrons. The second kappa shape index (κ2) is 7.70. The summed E-state index contributed by atoms with van der Waals surface area (Å²) in [7, 11) is 0. The van der Waals surface area contributed by atoms with Crippen LogP contribution in [0.1, 0.15) is 30.9 Å². The van der Waals surface area contributed by atoms with Gasteiger partial charge in [0.1, 0.15) is 5.75 Å². The van der Waals surface area contributed by atoms with Crippen molar-refractivity contribution in [1.29, 1.82) is 0 Å². The van der Waals surface area contributed by atoms with Crippen LogP contribution in [0.15, 0.2) is 23.2 Å². The number of hydrogen-bond acceptors (Lipinski definition) is 2. The summed E-state index contributed by atoms with van der Waals surface area (Å²) >= 11 is 9.31. The first-order chi connectivity index (χ1) is 9.31. The summed E-state index contributed by atoms with van der Waals surface area (Å²) in [6.07, 6.45) is 0. The Hall–Kier alpha value is -1.00. The Balaban J connectivity index is 2.74. The Morgan fingerprint density at radius 3 is 2.70 bits per heavy atom. The number of aryl methyl sites for hydroxylation is 1. The molecule has 0 saturated carbocycles. The smallest absolute Gasteiger partial charge is 0.258 e. The van der Waals surface area contributed by atoms with Gasteiger partial charge in [-0.1, -0.05) is 48.0 Å². The van der Waals surface area contributed by atoms with Crippen LogP contribution in [0.5, 0.6) is 5.75 Å². The molecule has 110 valence electrons. The zero-order chi connectivity index (χ0) is 15.3. The van der Waals surface area contributed by atoms with Gasteiger partial charge in [-0.3, -0.25) is 4.79 Å². The van der Waals surface area contributed by atoms with Crippen LogP contribution in [0.2, 0.25) is 5.02 Å². The van der Waals surface area contributed by atoms with Crippen LogP contribution >= 0.6 is 27.5 Å². The highest BCUT2D eigenvalue weighted by atomic mass is 79.9. The molecular weight excluding hydrogens is 342 g/mol. The van der Waals surface area contributed by atoms with E-state index < -0.39 is 0 Å². The normalized spacial score (nSPS) is 10.5. The third kappa shape index (κ3) is 5.17. The largest absolute Gasteiger partial charge is 0.483 e. The molecule has 0 aromatic heterocycles. The Kier molecular flexibility index (Phi) is 6.56. The Morgan fingerprint density at radius 1 is 1.50 bits per heavy atom. The van der Waals surface area contributed by atoms with Crippen molar-refractivity contribution in [3.05, 3.63) is 39.3 Å². The highest BCUT2D eigenvalue weighted by Gasteiger charge is 2.12. The van der Waals surface area contributed by atoms with Crippen molar-refractivity contribution in [3.63, 3.8) is 0 Å². The Bertz CT molecular complexity index is 515. The monoisotopic (exact) mass is 359 g/mol. The van der Waals surface area contributed by atoms with Crippen molar-refractivity contribution in [2.24, 2.45) is 0 Å². The van der Waals surface area contributed by atoms with Gasteiger partial charge in [0.05, 0.1) is 0 Å². The number of carbonyl (C=O) groups is 1. The predicted octanol–water partition coefficient (Wildman–Crippen LogP) is 4.18. The van der Waals surface area contributed by atoms with Crippen LogP contribution in [0.4, 0.5) is 0 Å². The number of nitrogens with one attached hydrogen (secondary N) is 1. The van der Waals surface area contributed by atoms with E-state index in [9.17, 15) is 4.79 Å². The number of carbonyl (C=O) groups excluding carboxylic acids is 1. The summed E-state index contributed by atoms with van der Waals surface area (Å²) in [6, 6.07) is 3.77. The van der Waals surface area contributed by atoms with E-state index >= 15 is 0 Å². The number of rotatable bonds is 6. The molecule has 5 heteroatoms. The lowest BCUT2D eigenvalue weighted by Gasteiger charge is -2.15. The average molecular weight is 361 g/mol. The van der Waals surface area contributed by atoms with Crippen LogP contribution in [0.3, 0.4) is 0 Å². The van der Waals surface area contributed by atoms with Crippen LogP contribution in [-0.2, 0) is 4.79 Å². The van der Waals surface area contributed by atoms with E-state index in [0.29, 0.717) is 17.3 Å². The molecule has 0 saturated heterocycles. The maximum atomic E-state index is 11.6. The number of ether oxygens (including phenoxy) is 1. The molecule has 1 rings (SSSR count). The first kappa shape index (κ1) is 17.1. The molecule has 0 aliphatic heterocycles. The molecule has 1 amide bonds. The van der Waals surface area contributed by atoms with Crippen molar-refractivity contribution in [2.75, 3.05) is 13.2 Å². The van der Waals surface area contributed by atoms with E-state index in [1.807, 2.05) is 19.1 Å². The lowest BCUT2D eigenvalue weighted by Crippen LogP contribution is -2.29. The first-order valence-electron chi connectivity index (χ1n) is 6.34. The minimum atomic E-state index is -0.187. The van der Waals surface area contributed by atoms with E-state index in [4.69, 9.17) is 16.3 Å². The fourth-order valence-corrected chi connectivity index (χ4v) is 1.95. The lowest BCUT2D eigenvalue weighted by molar-refractivity contribution is -0.122. The van der Waals surface area contributed by atoms with Gasteiger partial charge in [-0.05, 0) is 36.1 Å². The van der Waals surface area contributed by atoms with Crippen molar-refractivity contribution < 1.29 is 9.53 Å². The summed E-state index contributed by atoms with van der Waals surface area (Å²) in [5.74, 6) is 0.788. The van der Waals surface area contributed by atoms with Crippen molar-refractivity contribution in [2.45, 2.75) is 26.7 Å². The minimum Gasteiger partial charge on any atom is -0.483 e. The van der Waals surface area contributed by atoms with Gasteiger partial charge in [-0.15, -0.1) is 0 Å². The zero-order valence-electron chi connectivity index (χ0n) is 11.9. The topological polar surface area (TPSA) is 38.3 Å². The van der Waals surface area contributed by atoms with E-state index in [2.05, 4.69) is 41.7 Å². The summed E-state index contributed by atoms with van der Waals surface area (Å²) in [6.45, 7) is 10.0. The summed E-state index contributed by atoms with van der Waals surface area (Å²) in [5, 5.41) is 3.40. The van der Waals surface area contributed by atoms with Gasteiger partial charge in [0.2, 0.25) is 0 Å². The number of benzene rings is 1. The molecule has 1 N–H and O–H groups in total. The number of amides is 1. The van der Waals surface area contributed by atoms with E-state index in [1.54, 1.807) is 0 Å². The SMILES string of the molecule is C=C(Br)CNC(=O)COc1cc(C)c(Cl)cc1C(C)C. The molecule has 0 unspecified atom stereocenters. The summed E-state index contributed by atoms with van der Waals surface area (Å²) < 4.78 is 6.33. The fraction of sp³-hybridized carbons (Fsp3) is 0.400. The molecule has 3 nitrogen and oxygen atoms in total. The van der Waals surface area contributed by atoms with Gasteiger partial charge in [0.15, 0.2) is 6.61 Å². The molecular formula is C15H19BrClNO2. The van der Waals surface area contributed by atoms with Gasteiger partial charge >= 0.3 is 0 Å². The second-order valence-corrected chi connectivity index (χ2v) is 6.41. The van der Waals surface area contributed by atoms with E-state index in [-0.39, 0.29) is 18.4 Å². The van der Waals surface area contributed by atoms with Crippen molar-refractivity contribution in [1.82, 2.24) is 5.32 Å². The Morgan fingerprint density at radius 2 is 2.15 bits per heavy atom. The van der Waals surface area contributed by atoms with E-state index in [1.165, 1.54) is 0 Å². The maximum Gasteiger partial charge on any atom is 0.258 e. The quantitative estimate of drug-likeness (QED) is 0.826. The van der Waals surface area contributed by atoms with Crippen molar-refractivity contribution in [3.8, 4) is 5.75 Å². The predicted molar refractivity (Wildman–Crippen MR) is 86.8 cm³/mol. The number of hydrogen-bond donors (Lipinski definition) is 1. The molecule has 0 bridgehead atoms. The van der Waals surface area contributed by atoms with Crippen LogP contribution in [0.25, 0.3) is 0 Å². The highest BCUT2D eigenvalue weighted by molar-refractivity contribution is 9.11.